The van der Waals surface area contributed by atoms with Crippen molar-refractivity contribution in [2.24, 2.45) is 10.8 Å². The van der Waals surface area contributed by atoms with Gasteiger partial charge in [0.25, 0.3) is 0 Å². The molecule has 0 saturated heterocycles. The van der Waals surface area contributed by atoms with Crippen molar-refractivity contribution >= 4 is 46.0 Å². The van der Waals surface area contributed by atoms with Crippen LogP contribution >= 0.6 is 23.2 Å². The number of fused-ring (bicyclic) bond motifs is 1. The first-order valence-electron chi connectivity index (χ1n) is 18.4. The van der Waals surface area contributed by atoms with E-state index in [2.05, 4.69) is 18.7 Å². The third-order valence-corrected chi connectivity index (χ3v) is 10.9. The zero-order valence-corrected chi connectivity index (χ0v) is 30.4. The molecule has 47 heavy (non-hydrogen) atoms. The Balaban J connectivity index is 1.62. The lowest BCUT2D eigenvalue weighted by Gasteiger charge is -2.49. The van der Waals surface area contributed by atoms with Gasteiger partial charge < -0.3 is 4.90 Å². The Morgan fingerprint density at radius 2 is 1.00 bits per heavy atom. The van der Waals surface area contributed by atoms with Crippen LogP contribution in [0.1, 0.15) is 148 Å². The lowest BCUT2D eigenvalue weighted by molar-refractivity contribution is -0.133. The normalized spacial score (nSPS) is 20.3. The van der Waals surface area contributed by atoms with Gasteiger partial charge in [-0.15, -0.1) is 0 Å². The van der Waals surface area contributed by atoms with Crippen LogP contribution < -0.4 is 4.90 Å². The molecule has 0 N–H and O–H groups in total. The number of hydrogen-bond donors (Lipinski definition) is 0. The molecule has 0 spiro atoms. The number of rotatable bonds is 24. The molecule has 0 heterocycles. The molecule has 0 aromatic heterocycles. The molecule has 2 unspecified atom stereocenters. The molecule has 1 aromatic rings. The number of carbonyl (C=O) groups excluding carboxylic acids is 2. The Hall–Kier alpha value is -2.60. The molecule has 0 saturated carbocycles. The summed E-state index contributed by atoms with van der Waals surface area (Å²) >= 11 is 12.1. The number of anilines is 1. The smallest absolute Gasteiger partial charge is 0.203 e. The molecule has 0 aliphatic heterocycles. The first kappa shape index (κ1) is 38.8. The summed E-state index contributed by atoms with van der Waals surface area (Å²) in [5, 5.41) is 19.3. The molecule has 0 radical (unpaired) electrons. The van der Waals surface area contributed by atoms with Crippen LogP contribution in [0.15, 0.2) is 40.4 Å². The van der Waals surface area contributed by atoms with Gasteiger partial charge in [0.05, 0.1) is 12.1 Å². The first-order chi connectivity index (χ1) is 22.8. The van der Waals surface area contributed by atoms with Crippen molar-refractivity contribution in [2.75, 3.05) is 18.0 Å². The average Bonchev–Trinajstić information content (AvgIpc) is 3.08. The maximum Gasteiger partial charge on any atom is 0.203 e. The van der Waals surface area contributed by atoms with E-state index in [1.807, 2.05) is 36.4 Å². The number of nitrogens with zero attached hydrogens (tertiary/aromatic N) is 3. The van der Waals surface area contributed by atoms with Crippen molar-refractivity contribution in [1.29, 1.82) is 10.5 Å². The molecule has 7 heteroatoms. The van der Waals surface area contributed by atoms with E-state index in [0.29, 0.717) is 11.1 Å². The summed E-state index contributed by atoms with van der Waals surface area (Å²) in [4.78, 5) is 28.8. The van der Waals surface area contributed by atoms with Gasteiger partial charge in [0, 0.05) is 18.8 Å². The van der Waals surface area contributed by atoms with Crippen molar-refractivity contribution in [3.63, 3.8) is 0 Å². The van der Waals surface area contributed by atoms with E-state index in [4.69, 9.17) is 23.2 Å². The zero-order chi connectivity index (χ0) is 34.1. The molecule has 5 nitrogen and oxygen atoms in total. The number of nitriles is 2. The molecule has 2 aliphatic rings. The minimum atomic E-state index is -2.00. The highest BCUT2D eigenvalue weighted by Crippen LogP contribution is 2.64. The molecule has 2 aliphatic carbocycles. The third kappa shape index (κ3) is 9.31. The Bertz CT molecular complexity index is 1300. The predicted octanol–water partition coefficient (Wildman–Crippen LogP) is 11.6. The largest absolute Gasteiger partial charge is 0.372 e. The van der Waals surface area contributed by atoms with Crippen LogP contribution in [0.5, 0.6) is 0 Å². The molecule has 0 amide bonds. The molecule has 0 fully saturated rings. The summed E-state index contributed by atoms with van der Waals surface area (Å²) in [6.45, 7) is 6.50. The van der Waals surface area contributed by atoms with Crippen molar-refractivity contribution in [2.45, 2.75) is 142 Å². The number of carbonyl (C=O) groups is 2. The quantitative estimate of drug-likeness (QED) is 0.101. The fourth-order valence-electron chi connectivity index (χ4n) is 7.11. The summed E-state index contributed by atoms with van der Waals surface area (Å²) < 4.78 is 0. The van der Waals surface area contributed by atoms with Gasteiger partial charge in [-0.2, -0.15) is 10.5 Å². The van der Waals surface area contributed by atoms with Gasteiger partial charge in [0.15, 0.2) is 10.8 Å². The number of unbranched alkanes of at least 4 members (excludes halogenated alkanes) is 18. The summed E-state index contributed by atoms with van der Waals surface area (Å²) in [5.41, 5.74) is -1.89. The number of ketones is 2. The summed E-state index contributed by atoms with van der Waals surface area (Å²) in [6.07, 6.45) is 27.5. The molecule has 2 atom stereocenters. The van der Waals surface area contributed by atoms with E-state index < -0.39 is 32.5 Å². The highest BCUT2D eigenvalue weighted by molar-refractivity contribution is 6.58. The van der Waals surface area contributed by atoms with E-state index in [1.54, 1.807) is 0 Å². The monoisotopic (exact) mass is 679 g/mol. The number of allylic oxidation sites excluding steroid dienone is 4. The second kappa shape index (κ2) is 20.0. The Kier molecular flexibility index (Phi) is 16.6. The predicted molar refractivity (Wildman–Crippen MR) is 195 cm³/mol. The minimum absolute atomic E-state index is 0.338. The molecule has 3 rings (SSSR count). The zero-order valence-electron chi connectivity index (χ0n) is 28.9. The van der Waals surface area contributed by atoms with Crippen LogP contribution in [-0.2, 0) is 9.59 Å². The minimum Gasteiger partial charge on any atom is -0.372 e. The molecule has 256 valence electrons. The standard InChI is InChI=1S/C40H55Cl2N3O2/c1-3-5-7-9-11-13-15-17-19-21-27-45(28-22-20-18-16-14-12-10-8-6-4-2)33-25-23-32(24-26-33)34-29-39(30-43)37(46)35(41)36(42)38(47)40(34,39)31-44/h23-26,29H,3-22,27-28H2,1-2H3. The van der Waals surface area contributed by atoms with E-state index >= 15 is 0 Å². The van der Waals surface area contributed by atoms with E-state index in [9.17, 15) is 20.1 Å². The van der Waals surface area contributed by atoms with Crippen molar-refractivity contribution in [3.8, 4) is 12.1 Å². The highest BCUT2D eigenvalue weighted by Gasteiger charge is 2.73. The Labute approximate surface area is 294 Å². The molecule has 0 bridgehead atoms. The third-order valence-electron chi connectivity index (χ3n) is 10.1. The second-order valence-electron chi connectivity index (χ2n) is 13.5. The summed E-state index contributed by atoms with van der Waals surface area (Å²) in [7, 11) is 0. The van der Waals surface area contributed by atoms with Crippen LogP contribution in [0.3, 0.4) is 0 Å². The molecule has 1 aromatic carbocycles. The molecular weight excluding hydrogens is 625 g/mol. The Morgan fingerprint density at radius 1 is 0.596 bits per heavy atom. The van der Waals surface area contributed by atoms with Gasteiger partial charge in [-0.25, -0.2) is 0 Å². The fourth-order valence-corrected chi connectivity index (χ4v) is 7.57. The fraction of sp³-hybridized carbons (Fsp3) is 0.650. The van der Waals surface area contributed by atoms with Crippen LogP contribution in [0.25, 0.3) is 5.57 Å². The van der Waals surface area contributed by atoms with Crippen LogP contribution in [0, 0.1) is 33.5 Å². The van der Waals surface area contributed by atoms with Gasteiger partial charge in [0.2, 0.25) is 11.6 Å². The van der Waals surface area contributed by atoms with Crippen LogP contribution in [0.2, 0.25) is 0 Å². The van der Waals surface area contributed by atoms with Crippen LogP contribution in [0.4, 0.5) is 5.69 Å². The van der Waals surface area contributed by atoms with E-state index in [1.165, 1.54) is 122 Å². The van der Waals surface area contributed by atoms with E-state index in [-0.39, 0.29) is 0 Å². The maximum absolute atomic E-state index is 13.3. The van der Waals surface area contributed by atoms with Gasteiger partial charge in [0.1, 0.15) is 10.1 Å². The summed E-state index contributed by atoms with van der Waals surface area (Å²) in [5.74, 6) is -1.59. The SMILES string of the molecule is CCCCCCCCCCCCN(CCCCCCCCCCCC)c1ccc(C2=CC3(C#N)C(=O)C(Cl)=C(Cl)C(=O)C23C#N)cc1. The van der Waals surface area contributed by atoms with Gasteiger partial charge in [-0.3, -0.25) is 9.59 Å². The second-order valence-corrected chi connectivity index (χ2v) is 14.3. The lowest BCUT2D eigenvalue weighted by atomic mass is 9.46. The van der Waals surface area contributed by atoms with Crippen LogP contribution in [-0.4, -0.2) is 24.7 Å². The van der Waals surface area contributed by atoms with Gasteiger partial charge in [-0.05, 0) is 42.2 Å². The van der Waals surface area contributed by atoms with Crippen molar-refractivity contribution < 1.29 is 9.59 Å². The van der Waals surface area contributed by atoms with Crippen molar-refractivity contribution in [1.82, 2.24) is 0 Å². The number of benzene rings is 1. The topological polar surface area (TPSA) is 85.0 Å². The highest BCUT2D eigenvalue weighted by atomic mass is 35.5. The number of hydrogen-bond acceptors (Lipinski definition) is 5. The molecular formula is C40H55Cl2N3O2. The average molecular weight is 681 g/mol. The maximum atomic E-state index is 13.3. The first-order valence-corrected chi connectivity index (χ1v) is 19.2. The van der Waals surface area contributed by atoms with Gasteiger partial charge in [-0.1, -0.05) is 165 Å². The number of halogens is 2. The summed E-state index contributed by atoms with van der Waals surface area (Å²) in [6, 6.07) is 11.7. The number of Topliss-reactive ketones (excluding diaryl/α,β-unsaturated/α-hetero) is 2. The lowest BCUT2D eigenvalue weighted by Crippen LogP contribution is -2.59. The Morgan fingerprint density at radius 3 is 1.40 bits per heavy atom. The van der Waals surface area contributed by atoms with Crippen molar-refractivity contribution in [3.05, 3.63) is 46.0 Å². The van der Waals surface area contributed by atoms with Gasteiger partial charge >= 0.3 is 0 Å². The van der Waals surface area contributed by atoms with E-state index in [0.717, 1.165) is 31.6 Å².